The van der Waals surface area contributed by atoms with E-state index < -0.39 is 5.97 Å². The molecule has 0 bridgehead atoms. The molecular formula is C21H18ClNO5. The van der Waals surface area contributed by atoms with E-state index in [0.29, 0.717) is 28.1 Å². The van der Waals surface area contributed by atoms with Crippen LogP contribution in [-0.4, -0.2) is 41.6 Å². The zero-order chi connectivity index (χ0) is 20.1. The average molecular weight is 400 g/mol. The molecule has 0 fully saturated rings. The van der Waals surface area contributed by atoms with Crippen LogP contribution in [0.25, 0.3) is 0 Å². The summed E-state index contributed by atoms with van der Waals surface area (Å²) in [7, 11) is 0. The van der Waals surface area contributed by atoms with Gasteiger partial charge in [-0.2, -0.15) is 0 Å². The van der Waals surface area contributed by atoms with E-state index in [1.54, 1.807) is 48.5 Å². The molecule has 1 heterocycles. The van der Waals surface area contributed by atoms with E-state index in [4.69, 9.17) is 16.3 Å². The lowest BCUT2D eigenvalue weighted by molar-refractivity contribution is -0.143. The first-order chi connectivity index (χ1) is 13.5. The quantitative estimate of drug-likeness (QED) is 0.293. The Bertz CT molecular complexity index is 888. The highest BCUT2D eigenvalue weighted by Crippen LogP contribution is 2.22. The lowest BCUT2D eigenvalue weighted by atomic mass is 10.1. The van der Waals surface area contributed by atoms with Crippen LogP contribution in [0.3, 0.4) is 0 Å². The van der Waals surface area contributed by atoms with Gasteiger partial charge in [-0.3, -0.25) is 24.1 Å². The first-order valence-electron chi connectivity index (χ1n) is 8.87. The Morgan fingerprint density at radius 1 is 0.893 bits per heavy atom. The van der Waals surface area contributed by atoms with Crippen LogP contribution >= 0.6 is 11.6 Å². The predicted octanol–water partition coefficient (Wildman–Crippen LogP) is 3.53. The summed E-state index contributed by atoms with van der Waals surface area (Å²) in [5, 5.41) is 0.536. The predicted molar refractivity (Wildman–Crippen MR) is 102 cm³/mol. The summed E-state index contributed by atoms with van der Waals surface area (Å²) < 4.78 is 5.09. The minimum Gasteiger partial charge on any atom is -0.466 e. The summed E-state index contributed by atoms with van der Waals surface area (Å²) in [6.07, 6.45) is 0.343. The van der Waals surface area contributed by atoms with E-state index in [0.717, 1.165) is 4.90 Å². The van der Waals surface area contributed by atoms with Crippen molar-refractivity contribution in [1.82, 2.24) is 4.90 Å². The Morgan fingerprint density at radius 3 is 2.11 bits per heavy atom. The van der Waals surface area contributed by atoms with Gasteiger partial charge in [0.25, 0.3) is 11.8 Å². The van der Waals surface area contributed by atoms with Gasteiger partial charge in [0, 0.05) is 23.6 Å². The highest BCUT2D eigenvalue weighted by molar-refractivity contribution is 6.30. The van der Waals surface area contributed by atoms with Crippen molar-refractivity contribution in [3.8, 4) is 0 Å². The van der Waals surface area contributed by atoms with Crippen LogP contribution in [0.5, 0.6) is 0 Å². The normalized spacial score (nSPS) is 12.8. The number of ether oxygens (including phenoxy) is 1. The molecule has 2 amide bonds. The molecule has 0 aliphatic carbocycles. The molecule has 0 N–H and O–H groups in total. The molecule has 0 atom stereocenters. The summed E-state index contributed by atoms with van der Waals surface area (Å²) >= 11 is 5.78. The van der Waals surface area contributed by atoms with Crippen LogP contribution in [-0.2, 0) is 9.53 Å². The number of hydrogen-bond donors (Lipinski definition) is 0. The largest absolute Gasteiger partial charge is 0.466 e. The standard InChI is InChI=1S/C21H18ClNO5/c22-15-8-6-14(7-9-15)18(24)10-11-19(25)28-13-3-12-23-20(26)16-4-1-2-5-17(16)21(23)27/h1-2,4-9H,3,10-13H2. The topological polar surface area (TPSA) is 80.8 Å². The van der Waals surface area contributed by atoms with E-state index in [-0.39, 0.29) is 43.6 Å². The van der Waals surface area contributed by atoms with Crippen molar-refractivity contribution in [2.24, 2.45) is 0 Å². The smallest absolute Gasteiger partial charge is 0.306 e. The summed E-state index contributed by atoms with van der Waals surface area (Å²) in [6, 6.07) is 13.1. The maximum Gasteiger partial charge on any atom is 0.306 e. The van der Waals surface area contributed by atoms with Crippen LogP contribution in [0.4, 0.5) is 0 Å². The third kappa shape index (κ3) is 4.46. The Hall–Kier alpha value is -2.99. The van der Waals surface area contributed by atoms with Gasteiger partial charge in [0.1, 0.15) is 0 Å². The highest BCUT2D eigenvalue weighted by atomic mass is 35.5. The second-order valence-corrected chi connectivity index (χ2v) is 6.75. The Labute approximate surface area is 167 Å². The summed E-state index contributed by atoms with van der Waals surface area (Å²) in [5.41, 5.74) is 1.28. The first-order valence-corrected chi connectivity index (χ1v) is 9.25. The van der Waals surface area contributed by atoms with E-state index in [2.05, 4.69) is 0 Å². The van der Waals surface area contributed by atoms with Gasteiger partial charge in [0.05, 0.1) is 24.2 Å². The zero-order valence-electron chi connectivity index (χ0n) is 15.0. The molecule has 0 unspecified atom stereocenters. The third-order valence-electron chi connectivity index (χ3n) is 4.39. The zero-order valence-corrected chi connectivity index (χ0v) is 15.8. The van der Waals surface area contributed by atoms with Gasteiger partial charge < -0.3 is 4.74 Å². The molecule has 0 saturated carbocycles. The fourth-order valence-corrected chi connectivity index (χ4v) is 3.04. The molecule has 0 radical (unpaired) electrons. The van der Waals surface area contributed by atoms with Crippen molar-refractivity contribution in [3.05, 3.63) is 70.2 Å². The molecular weight excluding hydrogens is 382 g/mol. The fourth-order valence-electron chi connectivity index (χ4n) is 2.92. The van der Waals surface area contributed by atoms with E-state index in [9.17, 15) is 19.2 Å². The number of Topliss-reactive ketones (excluding diaryl/α,β-unsaturated/α-hetero) is 1. The van der Waals surface area contributed by atoms with Crippen LogP contribution in [0.2, 0.25) is 5.02 Å². The third-order valence-corrected chi connectivity index (χ3v) is 4.64. The molecule has 2 aromatic carbocycles. The van der Waals surface area contributed by atoms with Crippen molar-refractivity contribution in [1.29, 1.82) is 0 Å². The van der Waals surface area contributed by atoms with Crippen molar-refractivity contribution >= 4 is 35.2 Å². The molecule has 0 spiro atoms. The van der Waals surface area contributed by atoms with E-state index in [1.165, 1.54) is 0 Å². The van der Waals surface area contributed by atoms with Crippen LogP contribution in [0, 0.1) is 0 Å². The van der Waals surface area contributed by atoms with Gasteiger partial charge in [-0.05, 0) is 42.8 Å². The number of rotatable bonds is 8. The monoisotopic (exact) mass is 399 g/mol. The Balaban J connectivity index is 1.38. The van der Waals surface area contributed by atoms with E-state index in [1.807, 2.05) is 0 Å². The van der Waals surface area contributed by atoms with Crippen LogP contribution in [0.1, 0.15) is 50.3 Å². The van der Waals surface area contributed by atoms with Gasteiger partial charge in [0.2, 0.25) is 0 Å². The van der Waals surface area contributed by atoms with Crippen molar-refractivity contribution in [3.63, 3.8) is 0 Å². The van der Waals surface area contributed by atoms with Gasteiger partial charge in [-0.1, -0.05) is 23.7 Å². The van der Waals surface area contributed by atoms with Gasteiger partial charge in [-0.15, -0.1) is 0 Å². The van der Waals surface area contributed by atoms with Gasteiger partial charge in [0.15, 0.2) is 5.78 Å². The van der Waals surface area contributed by atoms with Crippen molar-refractivity contribution in [2.45, 2.75) is 19.3 Å². The average Bonchev–Trinajstić information content (AvgIpc) is 2.95. The first kappa shape index (κ1) is 19.8. The number of imide groups is 1. The molecule has 3 rings (SSSR count). The second kappa shape index (κ2) is 8.80. The van der Waals surface area contributed by atoms with Gasteiger partial charge in [-0.25, -0.2) is 0 Å². The van der Waals surface area contributed by atoms with Gasteiger partial charge >= 0.3 is 5.97 Å². The number of halogens is 1. The maximum atomic E-state index is 12.2. The molecule has 1 aliphatic rings. The summed E-state index contributed by atoms with van der Waals surface area (Å²) in [5.74, 6) is -1.33. The fraction of sp³-hybridized carbons (Fsp3) is 0.238. The summed E-state index contributed by atoms with van der Waals surface area (Å²) in [4.78, 5) is 49.4. The number of amides is 2. The minimum atomic E-state index is -0.496. The lowest BCUT2D eigenvalue weighted by Crippen LogP contribution is -2.31. The Morgan fingerprint density at radius 2 is 1.50 bits per heavy atom. The SMILES string of the molecule is O=C(CCC(=O)c1ccc(Cl)cc1)OCCCN1C(=O)c2ccccc2C1=O. The number of esters is 1. The van der Waals surface area contributed by atoms with Crippen molar-refractivity contribution < 1.29 is 23.9 Å². The highest BCUT2D eigenvalue weighted by Gasteiger charge is 2.34. The molecule has 28 heavy (non-hydrogen) atoms. The lowest BCUT2D eigenvalue weighted by Gasteiger charge is -2.13. The number of carbonyl (C=O) groups is 4. The molecule has 0 aromatic heterocycles. The van der Waals surface area contributed by atoms with E-state index >= 15 is 0 Å². The number of benzene rings is 2. The maximum absolute atomic E-state index is 12.2. The molecule has 1 aliphatic heterocycles. The molecule has 6 nitrogen and oxygen atoms in total. The number of fused-ring (bicyclic) bond motifs is 1. The molecule has 2 aromatic rings. The number of ketones is 1. The second-order valence-electron chi connectivity index (χ2n) is 6.31. The molecule has 144 valence electrons. The van der Waals surface area contributed by atoms with Crippen molar-refractivity contribution in [2.75, 3.05) is 13.2 Å². The minimum absolute atomic E-state index is 0.0333. The summed E-state index contributed by atoms with van der Waals surface area (Å²) in [6.45, 7) is 0.241. The molecule has 0 saturated heterocycles. The number of hydrogen-bond acceptors (Lipinski definition) is 5. The van der Waals surface area contributed by atoms with Crippen LogP contribution < -0.4 is 0 Å². The van der Waals surface area contributed by atoms with Crippen LogP contribution in [0.15, 0.2) is 48.5 Å². The number of carbonyl (C=O) groups excluding carboxylic acids is 4. The molecule has 7 heteroatoms. The number of nitrogens with zero attached hydrogens (tertiary/aromatic N) is 1. The Kier molecular flexibility index (Phi) is 6.21.